The fraction of sp³-hybridized carbons (Fsp3) is 0.562. The van der Waals surface area contributed by atoms with E-state index in [9.17, 15) is 9.90 Å². The van der Waals surface area contributed by atoms with Crippen LogP contribution in [0, 0.1) is 12.8 Å². The molecular weight excluding hydrogens is 270 g/mol. The third-order valence-electron chi connectivity index (χ3n) is 4.33. The van der Waals surface area contributed by atoms with E-state index in [-0.39, 0.29) is 18.6 Å². The van der Waals surface area contributed by atoms with Gasteiger partial charge >= 0.3 is 0 Å². The van der Waals surface area contributed by atoms with Gasteiger partial charge in [0, 0.05) is 17.7 Å². The molecule has 5 nitrogen and oxygen atoms in total. The number of amides is 1. The van der Waals surface area contributed by atoms with E-state index < -0.39 is 0 Å². The summed E-state index contributed by atoms with van der Waals surface area (Å²) in [4.78, 5) is 14.5. The molecule has 1 amide bonds. The van der Waals surface area contributed by atoms with Gasteiger partial charge in [-0.05, 0) is 31.4 Å². The highest BCUT2D eigenvalue weighted by atomic mass is 16.5. The maximum atomic E-state index is 12.7. The minimum Gasteiger partial charge on any atom is -0.496 e. The van der Waals surface area contributed by atoms with Crippen molar-refractivity contribution < 1.29 is 19.4 Å². The van der Waals surface area contributed by atoms with E-state index >= 15 is 0 Å². The molecule has 2 rings (SSSR count). The molecule has 116 valence electrons. The zero-order valence-corrected chi connectivity index (χ0v) is 13.0. The summed E-state index contributed by atoms with van der Waals surface area (Å²) in [6, 6.07) is 3.35. The molecule has 0 aromatic heterocycles. The number of likely N-dealkylation sites (tertiary alicyclic amines) is 1. The normalized spacial score (nSPS) is 21.5. The van der Waals surface area contributed by atoms with Gasteiger partial charge in [-0.2, -0.15) is 0 Å². The third-order valence-corrected chi connectivity index (χ3v) is 4.33. The van der Waals surface area contributed by atoms with Gasteiger partial charge in [-0.15, -0.1) is 0 Å². The average Bonchev–Trinajstić information content (AvgIpc) is 2.87. The second-order valence-corrected chi connectivity index (χ2v) is 5.52. The van der Waals surface area contributed by atoms with E-state index in [1.54, 1.807) is 31.3 Å². The Morgan fingerprint density at radius 3 is 2.38 bits per heavy atom. The van der Waals surface area contributed by atoms with Crippen LogP contribution in [0.5, 0.6) is 11.5 Å². The lowest BCUT2D eigenvalue weighted by Crippen LogP contribution is -2.39. The Labute approximate surface area is 125 Å². The number of hydrogen-bond donors (Lipinski definition) is 1. The molecule has 1 aliphatic heterocycles. The topological polar surface area (TPSA) is 59.0 Å². The monoisotopic (exact) mass is 293 g/mol. The van der Waals surface area contributed by atoms with Gasteiger partial charge in [-0.1, -0.05) is 6.92 Å². The maximum Gasteiger partial charge on any atom is 0.254 e. The van der Waals surface area contributed by atoms with Crippen molar-refractivity contribution in [2.75, 3.05) is 27.4 Å². The third kappa shape index (κ3) is 2.83. The highest BCUT2D eigenvalue weighted by Crippen LogP contribution is 2.32. The van der Waals surface area contributed by atoms with Crippen LogP contribution in [0.25, 0.3) is 0 Å². The van der Waals surface area contributed by atoms with Gasteiger partial charge in [-0.3, -0.25) is 4.79 Å². The first-order valence-corrected chi connectivity index (χ1v) is 7.18. The molecule has 0 bridgehead atoms. The lowest BCUT2D eigenvalue weighted by Gasteiger charge is -2.25. The van der Waals surface area contributed by atoms with Crippen molar-refractivity contribution in [3.63, 3.8) is 0 Å². The number of methoxy groups -OCH3 is 2. The molecule has 0 spiro atoms. The maximum absolute atomic E-state index is 12.7. The minimum atomic E-state index is -0.115. The molecule has 0 aliphatic carbocycles. The minimum absolute atomic E-state index is 0.00691. The van der Waals surface area contributed by atoms with Crippen LogP contribution in [0.2, 0.25) is 0 Å². The van der Waals surface area contributed by atoms with Crippen LogP contribution in [0.15, 0.2) is 12.1 Å². The SMILES string of the molecule is COc1cc(C(=O)N2CCC(C)C2CO)cc(OC)c1C. The Morgan fingerprint density at radius 1 is 1.33 bits per heavy atom. The van der Waals surface area contributed by atoms with Crippen molar-refractivity contribution in [3.05, 3.63) is 23.3 Å². The predicted molar refractivity (Wildman–Crippen MR) is 80.0 cm³/mol. The molecule has 0 saturated carbocycles. The van der Waals surface area contributed by atoms with Crippen molar-refractivity contribution in [1.82, 2.24) is 4.90 Å². The molecule has 1 N–H and O–H groups in total. The van der Waals surface area contributed by atoms with Gasteiger partial charge in [0.25, 0.3) is 5.91 Å². The first-order chi connectivity index (χ1) is 10.0. The molecule has 5 heteroatoms. The summed E-state index contributed by atoms with van der Waals surface area (Å²) in [6.07, 6.45) is 0.914. The molecule has 0 radical (unpaired) electrons. The van der Waals surface area contributed by atoms with Crippen LogP contribution < -0.4 is 9.47 Å². The van der Waals surface area contributed by atoms with Gasteiger partial charge in [0.2, 0.25) is 0 Å². The number of ether oxygens (including phenoxy) is 2. The summed E-state index contributed by atoms with van der Waals surface area (Å²) in [5, 5.41) is 9.51. The zero-order valence-electron chi connectivity index (χ0n) is 13.0. The fourth-order valence-electron chi connectivity index (χ4n) is 2.91. The lowest BCUT2D eigenvalue weighted by molar-refractivity contribution is 0.0647. The molecule has 1 aromatic carbocycles. The highest BCUT2D eigenvalue weighted by Gasteiger charge is 2.34. The molecule has 1 aromatic rings. The summed E-state index contributed by atoms with van der Waals surface area (Å²) >= 11 is 0. The summed E-state index contributed by atoms with van der Waals surface area (Å²) < 4.78 is 10.6. The van der Waals surface area contributed by atoms with Gasteiger partial charge in [-0.25, -0.2) is 0 Å². The molecule has 21 heavy (non-hydrogen) atoms. The summed E-state index contributed by atoms with van der Waals surface area (Å²) in [6.45, 7) is 4.61. The average molecular weight is 293 g/mol. The zero-order chi connectivity index (χ0) is 15.6. The predicted octanol–water partition coefficient (Wildman–Crippen LogP) is 1.86. The second kappa shape index (κ2) is 6.35. The quantitative estimate of drug-likeness (QED) is 0.920. The first-order valence-electron chi connectivity index (χ1n) is 7.18. The van der Waals surface area contributed by atoms with Crippen LogP contribution in [0.1, 0.15) is 29.3 Å². The lowest BCUT2D eigenvalue weighted by atomic mass is 10.0. The van der Waals surface area contributed by atoms with Gasteiger partial charge in [0.1, 0.15) is 11.5 Å². The number of benzene rings is 1. The Morgan fingerprint density at radius 2 is 1.90 bits per heavy atom. The van der Waals surface area contributed by atoms with E-state index in [1.807, 2.05) is 6.92 Å². The van der Waals surface area contributed by atoms with Gasteiger partial charge in [0.05, 0.1) is 26.9 Å². The molecule has 1 fully saturated rings. The smallest absolute Gasteiger partial charge is 0.254 e. The summed E-state index contributed by atoms with van der Waals surface area (Å²) in [5.74, 6) is 1.49. The van der Waals surface area contributed by atoms with Crippen molar-refractivity contribution in [2.24, 2.45) is 5.92 Å². The molecule has 1 aliphatic rings. The van der Waals surface area contributed by atoms with Gasteiger partial charge < -0.3 is 19.5 Å². The van der Waals surface area contributed by atoms with Crippen molar-refractivity contribution in [3.8, 4) is 11.5 Å². The Hall–Kier alpha value is -1.75. The Balaban J connectivity index is 2.35. The molecular formula is C16H23NO4. The van der Waals surface area contributed by atoms with E-state index in [2.05, 4.69) is 6.92 Å². The number of rotatable bonds is 4. The highest BCUT2D eigenvalue weighted by molar-refractivity contribution is 5.95. The first kappa shape index (κ1) is 15.6. The number of nitrogens with zero attached hydrogens (tertiary/aromatic N) is 1. The molecule has 2 unspecified atom stereocenters. The van der Waals surface area contributed by atoms with E-state index in [1.165, 1.54) is 0 Å². The van der Waals surface area contributed by atoms with E-state index in [0.717, 1.165) is 12.0 Å². The number of aliphatic hydroxyl groups excluding tert-OH is 1. The van der Waals surface area contributed by atoms with Gasteiger partial charge in [0.15, 0.2) is 0 Å². The summed E-state index contributed by atoms with van der Waals surface area (Å²) in [7, 11) is 3.15. The van der Waals surface area contributed by atoms with Crippen molar-refractivity contribution >= 4 is 5.91 Å². The van der Waals surface area contributed by atoms with Crippen LogP contribution in [0.3, 0.4) is 0 Å². The van der Waals surface area contributed by atoms with Crippen LogP contribution >= 0.6 is 0 Å². The standard InChI is InChI=1S/C16H23NO4/c1-10-5-6-17(13(10)9-18)16(19)12-7-14(20-3)11(2)15(8-12)21-4/h7-8,10,13,18H,5-6,9H2,1-4H3. The molecule has 2 atom stereocenters. The van der Waals surface area contributed by atoms with Crippen molar-refractivity contribution in [1.29, 1.82) is 0 Å². The molecule has 1 saturated heterocycles. The number of hydrogen-bond acceptors (Lipinski definition) is 4. The number of carbonyl (C=O) groups excluding carboxylic acids is 1. The second-order valence-electron chi connectivity index (χ2n) is 5.52. The van der Waals surface area contributed by atoms with E-state index in [4.69, 9.17) is 9.47 Å². The fourth-order valence-corrected chi connectivity index (χ4v) is 2.91. The number of aliphatic hydroxyl groups is 1. The largest absolute Gasteiger partial charge is 0.496 e. The summed E-state index contributed by atoms with van der Waals surface area (Å²) in [5.41, 5.74) is 1.40. The van der Waals surface area contributed by atoms with E-state index in [0.29, 0.717) is 29.5 Å². The molecule has 1 heterocycles. The van der Waals surface area contributed by atoms with Crippen LogP contribution in [-0.4, -0.2) is 49.3 Å². The van der Waals surface area contributed by atoms with Crippen LogP contribution in [-0.2, 0) is 0 Å². The number of carbonyl (C=O) groups is 1. The Kier molecular flexibility index (Phi) is 4.73. The Bertz CT molecular complexity index is 504. The van der Waals surface area contributed by atoms with Crippen molar-refractivity contribution in [2.45, 2.75) is 26.3 Å². The van der Waals surface area contributed by atoms with Crippen LogP contribution in [0.4, 0.5) is 0 Å².